The SMILES string of the molecule is [C-]#[N+]c1ccc2c(c1)N(c1cc(-c3ccccc3)ccc1C)[C@@H](C)N2C. The zero-order valence-corrected chi connectivity index (χ0v) is 15.3. The predicted molar refractivity (Wildman–Crippen MR) is 109 cm³/mol. The van der Waals surface area contributed by atoms with Gasteiger partial charge in [-0.3, -0.25) is 0 Å². The largest absolute Gasteiger partial charge is 0.353 e. The second kappa shape index (κ2) is 6.24. The van der Waals surface area contributed by atoms with Crippen LogP contribution < -0.4 is 9.80 Å². The molecule has 0 fully saturated rings. The molecule has 0 spiro atoms. The Hall–Kier alpha value is -3.25. The Morgan fingerprint density at radius 3 is 2.35 bits per heavy atom. The van der Waals surface area contributed by atoms with E-state index in [-0.39, 0.29) is 6.17 Å². The predicted octanol–water partition coefficient (Wildman–Crippen LogP) is 6.15. The second-order valence-electron chi connectivity index (χ2n) is 6.76. The minimum atomic E-state index is 0.190. The standard InChI is InChI=1S/C23H21N3/c1-16-10-11-19(18-8-6-5-7-9-18)14-22(16)26-17(2)25(4)21-13-12-20(24-3)15-23(21)26/h5-15,17H,1-2,4H3/t17-/m0/s1. The van der Waals surface area contributed by atoms with Gasteiger partial charge in [-0.15, -0.1) is 0 Å². The number of hydrogen-bond acceptors (Lipinski definition) is 2. The van der Waals surface area contributed by atoms with E-state index < -0.39 is 0 Å². The molecule has 0 aliphatic carbocycles. The van der Waals surface area contributed by atoms with Crippen LogP contribution in [0, 0.1) is 13.5 Å². The molecule has 1 aliphatic rings. The third-order valence-electron chi connectivity index (χ3n) is 5.24. The van der Waals surface area contributed by atoms with Crippen LogP contribution in [0.3, 0.4) is 0 Å². The molecular weight excluding hydrogens is 318 g/mol. The second-order valence-corrected chi connectivity index (χ2v) is 6.76. The van der Waals surface area contributed by atoms with Gasteiger partial charge in [0.1, 0.15) is 6.17 Å². The van der Waals surface area contributed by atoms with Gasteiger partial charge in [0, 0.05) is 12.7 Å². The van der Waals surface area contributed by atoms with Crippen LogP contribution in [0.25, 0.3) is 16.0 Å². The lowest BCUT2D eigenvalue weighted by atomic mass is 10.0. The quantitative estimate of drug-likeness (QED) is 0.519. The van der Waals surface area contributed by atoms with Crippen LogP contribution in [0.15, 0.2) is 66.7 Å². The number of benzene rings is 3. The Morgan fingerprint density at radius 2 is 1.62 bits per heavy atom. The molecule has 0 bridgehead atoms. The van der Waals surface area contributed by atoms with Crippen molar-refractivity contribution in [3.05, 3.63) is 83.7 Å². The maximum Gasteiger partial charge on any atom is 0.189 e. The van der Waals surface area contributed by atoms with E-state index in [9.17, 15) is 0 Å². The van der Waals surface area contributed by atoms with Crippen molar-refractivity contribution >= 4 is 22.7 Å². The topological polar surface area (TPSA) is 10.8 Å². The number of rotatable bonds is 2. The fourth-order valence-corrected chi connectivity index (χ4v) is 3.66. The van der Waals surface area contributed by atoms with Gasteiger partial charge in [0.2, 0.25) is 0 Å². The molecule has 0 aromatic heterocycles. The minimum Gasteiger partial charge on any atom is -0.353 e. The molecule has 3 aromatic carbocycles. The molecule has 0 radical (unpaired) electrons. The Morgan fingerprint density at radius 1 is 0.846 bits per heavy atom. The Balaban J connectivity index is 1.87. The van der Waals surface area contributed by atoms with E-state index in [1.807, 2.05) is 18.2 Å². The fraction of sp³-hybridized carbons (Fsp3) is 0.174. The third-order valence-corrected chi connectivity index (χ3v) is 5.24. The molecule has 0 saturated heterocycles. The summed E-state index contributed by atoms with van der Waals surface area (Å²) in [6.45, 7) is 11.7. The van der Waals surface area contributed by atoms with Gasteiger partial charge in [0.15, 0.2) is 5.69 Å². The minimum absolute atomic E-state index is 0.190. The van der Waals surface area contributed by atoms with E-state index in [1.54, 1.807) is 0 Å². The Kier molecular flexibility index (Phi) is 3.89. The molecule has 0 unspecified atom stereocenters. The average molecular weight is 339 g/mol. The molecule has 1 heterocycles. The zero-order chi connectivity index (χ0) is 18.3. The van der Waals surface area contributed by atoms with Crippen molar-refractivity contribution < 1.29 is 0 Å². The molecule has 0 amide bonds. The van der Waals surface area contributed by atoms with Crippen molar-refractivity contribution in [2.45, 2.75) is 20.0 Å². The maximum absolute atomic E-state index is 7.36. The average Bonchev–Trinajstić information content (AvgIpc) is 2.93. The molecule has 26 heavy (non-hydrogen) atoms. The van der Waals surface area contributed by atoms with Gasteiger partial charge >= 0.3 is 0 Å². The Bertz CT molecular complexity index is 1000. The molecule has 4 rings (SSSR count). The Labute approximate surface area is 154 Å². The highest BCUT2D eigenvalue weighted by molar-refractivity contribution is 5.88. The summed E-state index contributed by atoms with van der Waals surface area (Å²) in [5.74, 6) is 0. The first-order chi connectivity index (χ1) is 12.6. The van der Waals surface area contributed by atoms with Crippen molar-refractivity contribution in [3.63, 3.8) is 0 Å². The molecule has 0 N–H and O–H groups in total. The van der Waals surface area contributed by atoms with Crippen LogP contribution in [-0.4, -0.2) is 13.2 Å². The summed E-state index contributed by atoms with van der Waals surface area (Å²) in [5.41, 5.74) is 7.77. The highest BCUT2D eigenvalue weighted by Gasteiger charge is 2.32. The lowest BCUT2D eigenvalue weighted by Gasteiger charge is -2.29. The van der Waals surface area contributed by atoms with E-state index in [4.69, 9.17) is 6.57 Å². The lowest BCUT2D eigenvalue weighted by Crippen LogP contribution is -2.35. The van der Waals surface area contributed by atoms with Gasteiger partial charge in [-0.25, -0.2) is 4.85 Å². The van der Waals surface area contributed by atoms with Crippen LogP contribution in [0.1, 0.15) is 12.5 Å². The summed E-state index contributed by atoms with van der Waals surface area (Å²) in [6, 6.07) is 23.0. The molecule has 1 atom stereocenters. The summed E-state index contributed by atoms with van der Waals surface area (Å²) in [6.07, 6.45) is 0.190. The maximum atomic E-state index is 7.36. The van der Waals surface area contributed by atoms with Gasteiger partial charge in [-0.2, -0.15) is 0 Å². The van der Waals surface area contributed by atoms with Crippen LogP contribution in [-0.2, 0) is 0 Å². The van der Waals surface area contributed by atoms with Crippen molar-refractivity contribution in [3.8, 4) is 11.1 Å². The molecule has 128 valence electrons. The van der Waals surface area contributed by atoms with Gasteiger partial charge < -0.3 is 9.80 Å². The number of fused-ring (bicyclic) bond motifs is 1. The van der Waals surface area contributed by atoms with E-state index in [1.165, 1.54) is 22.4 Å². The van der Waals surface area contributed by atoms with E-state index in [0.717, 1.165) is 11.4 Å². The molecule has 0 saturated carbocycles. The first kappa shape index (κ1) is 16.2. The van der Waals surface area contributed by atoms with Gasteiger partial charge in [-0.1, -0.05) is 48.5 Å². The summed E-state index contributed by atoms with van der Waals surface area (Å²) in [4.78, 5) is 8.22. The van der Waals surface area contributed by atoms with E-state index >= 15 is 0 Å². The molecule has 3 nitrogen and oxygen atoms in total. The smallest absolute Gasteiger partial charge is 0.189 e. The number of nitrogens with zero attached hydrogens (tertiary/aromatic N) is 3. The number of anilines is 3. The summed E-state index contributed by atoms with van der Waals surface area (Å²) < 4.78 is 0. The highest BCUT2D eigenvalue weighted by atomic mass is 15.4. The van der Waals surface area contributed by atoms with Crippen LogP contribution in [0.2, 0.25) is 0 Å². The first-order valence-electron chi connectivity index (χ1n) is 8.80. The highest BCUT2D eigenvalue weighted by Crippen LogP contribution is 2.46. The van der Waals surface area contributed by atoms with Crippen molar-refractivity contribution in [1.29, 1.82) is 0 Å². The zero-order valence-electron chi connectivity index (χ0n) is 15.3. The summed E-state index contributed by atoms with van der Waals surface area (Å²) >= 11 is 0. The number of aryl methyl sites for hydroxylation is 1. The molecular formula is C23H21N3. The molecule has 3 aromatic rings. The monoisotopic (exact) mass is 339 g/mol. The van der Waals surface area contributed by atoms with E-state index in [2.05, 4.69) is 84.1 Å². The van der Waals surface area contributed by atoms with Crippen molar-refractivity contribution in [2.75, 3.05) is 16.8 Å². The van der Waals surface area contributed by atoms with Crippen LogP contribution in [0.5, 0.6) is 0 Å². The molecule has 3 heteroatoms. The van der Waals surface area contributed by atoms with Crippen LogP contribution in [0.4, 0.5) is 22.7 Å². The van der Waals surface area contributed by atoms with Crippen molar-refractivity contribution in [1.82, 2.24) is 0 Å². The van der Waals surface area contributed by atoms with Gasteiger partial charge in [-0.05, 0) is 48.7 Å². The third kappa shape index (κ3) is 2.51. The lowest BCUT2D eigenvalue weighted by molar-refractivity contribution is 0.733. The van der Waals surface area contributed by atoms with Gasteiger partial charge in [0.05, 0.1) is 17.9 Å². The number of hydrogen-bond donors (Lipinski definition) is 0. The van der Waals surface area contributed by atoms with Gasteiger partial charge in [0.25, 0.3) is 0 Å². The summed E-state index contributed by atoms with van der Waals surface area (Å²) in [7, 11) is 2.11. The van der Waals surface area contributed by atoms with Crippen molar-refractivity contribution in [2.24, 2.45) is 0 Å². The summed E-state index contributed by atoms with van der Waals surface area (Å²) in [5, 5.41) is 0. The van der Waals surface area contributed by atoms with Crippen LogP contribution >= 0.6 is 0 Å². The van der Waals surface area contributed by atoms with E-state index in [0.29, 0.717) is 5.69 Å². The fourth-order valence-electron chi connectivity index (χ4n) is 3.66. The molecule has 1 aliphatic heterocycles. The normalized spacial score (nSPS) is 15.7. The first-order valence-corrected chi connectivity index (χ1v) is 8.80.